The predicted molar refractivity (Wildman–Crippen MR) is 306 cm³/mol. The summed E-state index contributed by atoms with van der Waals surface area (Å²) in [5, 5.41) is 39.9. The van der Waals surface area contributed by atoms with E-state index in [4.69, 9.17) is 41.0 Å². The second-order valence-electron chi connectivity index (χ2n) is 21.4. The van der Waals surface area contributed by atoms with Crippen molar-refractivity contribution >= 4 is 92.2 Å². The molecule has 10 N–H and O–H groups in total. The molecule has 4 bridgehead atoms. The van der Waals surface area contributed by atoms with Crippen molar-refractivity contribution in [2.45, 2.75) is 147 Å². The number of rotatable bonds is 22. The number of aliphatic hydroxyl groups is 2. The van der Waals surface area contributed by atoms with Gasteiger partial charge in [0.1, 0.15) is 46.8 Å². The fourth-order valence-electron chi connectivity index (χ4n) is 10.1. The number of urea groups is 1. The van der Waals surface area contributed by atoms with Crippen molar-refractivity contribution in [2.24, 2.45) is 17.6 Å². The number of halogens is 2. The molecule has 26 heteroatoms. The van der Waals surface area contributed by atoms with E-state index in [1.807, 2.05) is 13.0 Å². The molecule has 0 spiro atoms. The van der Waals surface area contributed by atoms with Crippen molar-refractivity contribution in [1.29, 1.82) is 0 Å². The van der Waals surface area contributed by atoms with Gasteiger partial charge in [-0.05, 0) is 104 Å². The van der Waals surface area contributed by atoms with Crippen molar-refractivity contribution in [3.05, 3.63) is 81.3 Å². The molecule has 1 unspecified atom stereocenters. The predicted octanol–water partition coefficient (Wildman–Crippen LogP) is 4.79. The Balaban J connectivity index is 1.16. The number of imide groups is 1. The van der Waals surface area contributed by atoms with E-state index in [0.717, 1.165) is 16.0 Å². The van der Waals surface area contributed by atoms with E-state index in [-0.39, 0.29) is 67.7 Å². The Hall–Kier alpha value is -6.61. The van der Waals surface area contributed by atoms with E-state index < -0.39 is 102 Å². The molecule has 0 aliphatic carbocycles. The van der Waals surface area contributed by atoms with Crippen LogP contribution in [0.4, 0.5) is 26.7 Å². The lowest BCUT2D eigenvalue weighted by Crippen LogP contribution is -2.63. The fourth-order valence-corrected chi connectivity index (χ4v) is 10.9. The summed E-state index contributed by atoms with van der Waals surface area (Å²) in [6.45, 7) is 9.19. The fraction of sp³-hybridized carbons (Fsp3) is 0.536. The Labute approximate surface area is 489 Å². The number of primary amides is 1. The Morgan fingerprint density at radius 3 is 2.39 bits per heavy atom. The highest BCUT2D eigenvalue weighted by Crippen LogP contribution is 2.49. The molecule has 448 valence electrons. The maximum Gasteiger partial charge on any atom is 0.409 e. The molecule has 10 atom stereocenters. The number of epoxide rings is 1. The number of allylic oxidation sites excluding steroid dienone is 3. The number of nitrogens with one attached hydrogen (secondary N) is 6. The minimum atomic E-state index is -1.89. The second-order valence-corrected chi connectivity index (χ2v) is 22.6. The largest absolute Gasteiger partial charge is 0.495 e. The summed E-state index contributed by atoms with van der Waals surface area (Å²) in [5.41, 5.74) is 4.64. The first-order valence-corrected chi connectivity index (χ1v) is 28.2. The molecule has 0 aromatic heterocycles. The monoisotopic (exact) mass is 1230 g/mol. The molecule has 82 heavy (non-hydrogen) atoms. The molecule has 2 saturated heterocycles. The van der Waals surface area contributed by atoms with Gasteiger partial charge in [-0.15, -0.1) is 0 Å². The first-order valence-electron chi connectivity index (χ1n) is 27.0. The molecule has 6 rings (SSSR count). The number of alkyl carbamates (subject to hydrolysis) is 1. The first kappa shape index (κ1) is 64.6. The molecule has 4 aliphatic heterocycles. The minimum absolute atomic E-state index is 0.0543. The van der Waals surface area contributed by atoms with Crippen LogP contribution in [0.2, 0.25) is 5.02 Å². The summed E-state index contributed by atoms with van der Waals surface area (Å²) >= 11 is 10.3. The van der Waals surface area contributed by atoms with Gasteiger partial charge < -0.3 is 71.1 Å². The summed E-state index contributed by atoms with van der Waals surface area (Å²) in [5.74, 6) is -3.54. The zero-order chi connectivity index (χ0) is 60.2. The number of carbonyl (C=O) groups is 8. The van der Waals surface area contributed by atoms with Crippen LogP contribution >= 0.6 is 27.5 Å². The molecule has 9 amide bonds. The van der Waals surface area contributed by atoms with Crippen LogP contribution in [0.25, 0.3) is 0 Å². The van der Waals surface area contributed by atoms with Crippen LogP contribution in [-0.2, 0) is 54.1 Å². The number of hydrogen-bond acceptors (Lipinski definition) is 16. The summed E-state index contributed by atoms with van der Waals surface area (Å²) in [6.07, 6.45) is 2.95. The summed E-state index contributed by atoms with van der Waals surface area (Å²) < 4.78 is 30.0. The van der Waals surface area contributed by atoms with Crippen molar-refractivity contribution in [3.8, 4) is 5.75 Å². The van der Waals surface area contributed by atoms with Gasteiger partial charge >= 0.3 is 12.1 Å². The van der Waals surface area contributed by atoms with Gasteiger partial charge in [0.25, 0.3) is 11.8 Å². The van der Waals surface area contributed by atoms with Crippen molar-refractivity contribution in [2.75, 3.05) is 49.9 Å². The number of ether oxygens (including phenoxy) is 5. The third kappa shape index (κ3) is 16.8. The van der Waals surface area contributed by atoms with E-state index in [0.29, 0.717) is 47.3 Å². The number of fused-ring (bicyclic) bond motifs is 5. The van der Waals surface area contributed by atoms with Gasteiger partial charge in [0.05, 0.1) is 31.0 Å². The van der Waals surface area contributed by atoms with Gasteiger partial charge in [0.2, 0.25) is 30.0 Å². The third-order valence-electron chi connectivity index (χ3n) is 14.8. The van der Waals surface area contributed by atoms with Crippen LogP contribution in [0.5, 0.6) is 5.75 Å². The lowest BCUT2D eigenvalue weighted by Gasteiger charge is -2.42. The highest BCUT2D eigenvalue weighted by molar-refractivity contribution is 9.10. The van der Waals surface area contributed by atoms with E-state index >= 15 is 0 Å². The van der Waals surface area contributed by atoms with Gasteiger partial charge in [-0.2, -0.15) is 0 Å². The smallest absolute Gasteiger partial charge is 0.409 e. The van der Waals surface area contributed by atoms with Gasteiger partial charge in [-0.3, -0.25) is 39.0 Å². The van der Waals surface area contributed by atoms with Crippen molar-refractivity contribution in [3.63, 3.8) is 0 Å². The molecule has 2 aromatic carbocycles. The maximum atomic E-state index is 14.4. The van der Waals surface area contributed by atoms with Gasteiger partial charge in [-0.1, -0.05) is 62.6 Å². The van der Waals surface area contributed by atoms with Gasteiger partial charge in [0.15, 0.2) is 5.72 Å². The zero-order valence-corrected chi connectivity index (χ0v) is 49.5. The molecule has 24 nitrogen and oxygen atoms in total. The number of amides is 9. The number of anilines is 3. The Kier molecular flexibility index (Phi) is 22.5. The van der Waals surface area contributed by atoms with E-state index in [9.17, 15) is 48.6 Å². The number of benzene rings is 2. The van der Waals surface area contributed by atoms with Crippen LogP contribution in [0.1, 0.15) is 91.5 Å². The van der Waals surface area contributed by atoms with Crippen LogP contribution < -0.4 is 47.3 Å². The lowest BCUT2D eigenvalue weighted by molar-refractivity contribution is -0.148. The number of nitrogens with zero attached hydrogens (tertiary/aromatic N) is 2. The number of carbonyl (C=O) groups excluding carboxylic acids is 8. The molecule has 0 radical (unpaired) electrons. The maximum absolute atomic E-state index is 14.4. The van der Waals surface area contributed by atoms with E-state index in [1.54, 1.807) is 65.1 Å². The molecular weight excluding hydrogens is 1150 g/mol. The standard InChI is InChI=1S/C56H75BrClN9O15/c1-30(2)48(64-43(68)17-10-9-11-23-67-44(69)20-21-45(67)70)51(73)63-37(15-13-22-60-52(59)74)50(72)62-36-19-18-34(27-35(36)57)61-53(75)81-42-28-46(71)66(6)38-25-33(26-39(78-7)47(38)58)24-31(3)14-12-16-41(79-8)56(77)29-40(80-54(76)65-56)32(4)49-55(42,5)82-49/h12,14,16,18-21,25-27,30,32,37,40-42,48-49,53,61,75,77H,9-11,13,15,17,22-24,28-29H2,1-8H3,(H,62,72)(H,63,73)(H,64,68)(H,65,76)(H3,59,60,74)/b16-12+,31-14+/t32-,37+,40+,41-,42+,48+,49+,53?,55+,56+/m1/s1. The Morgan fingerprint density at radius 1 is 1.01 bits per heavy atom. The number of hydrogen-bond donors (Lipinski definition) is 9. The average molecular weight is 1230 g/mol. The number of nitrogens with two attached hydrogens (primary N) is 1. The molecular formula is C56H75BrClN9O15. The first-order chi connectivity index (χ1) is 38.8. The molecule has 4 aliphatic rings. The van der Waals surface area contributed by atoms with Crippen LogP contribution in [0.3, 0.4) is 0 Å². The Bertz CT molecular complexity index is 2800. The SMILES string of the molecule is COc1cc2cc(c1Cl)N(C)C(=O)C[C@H](OC(O)Nc1ccc(NC(=O)[C@H](CCCNC(N)=O)NC(=O)[C@@H](NC(=O)CCCCCN3C(=O)C=CC3=O)C(C)C)c(Br)c1)[C@]1(C)O[C@H]1[C@H](C)[C@@H]1C[C@@](O)(NC(=O)O1)[C@H](OC)/C=C/C=C(\C)C2. The molecule has 2 aromatic rings. The normalized spacial score (nSPS) is 25.8. The summed E-state index contributed by atoms with van der Waals surface area (Å²) in [4.78, 5) is 106. The quantitative estimate of drug-likeness (QED) is 0.0331. The van der Waals surface area contributed by atoms with Crippen molar-refractivity contribution in [1.82, 2.24) is 26.2 Å². The summed E-state index contributed by atoms with van der Waals surface area (Å²) in [7, 11) is 4.43. The third-order valence-corrected chi connectivity index (χ3v) is 15.9. The van der Waals surface area contributed by atoms with E-state index in [1.165, 1.54) is 43.4 Å². The van der Waals surface area contributed by atoms with Crippen LogP contribution in [0.15, 0.2) is 70.8 Å². The van der Waals surface area contributed by atoms with Crippen molar-refractivity contribution < 1.29 is 72.3 Å². The molecule has 0 saturated carbocycles. The summed E-state index contributed by atoms with van der Waals surface area (Å²) in [6, 6.07) is 5.18. The highest BCUT2D eigenvalue weighted by atomic mass is 79.9. The highest BCUT2D eigenvalue weighted by Gasteiger charge is 2.64. The Morgan fingerprint density at radius 2 is 1.73 bits per heavy atom. The average Bonchev–Trinajstić information content (AvgIpc) is 2.70. The number of aliphatic hydroxyl groups excluding tert-OH is 1. The molecule has 2 fully saturated rings. The topological polar surface area (TPSA) is 331 Å². The number of methoxy groups -OCH3 is 2. The molecule has 4 heterocycles. The van der Waals surface area contributed by atoms with Gasteiger partial charge in [-0.25, -0.2) is 9.59 Å². The van der Waals surface area contributed by atoms with E-state index in [2.05, 4.69) is 47.8 Å². The lowest BCUT2D eigenvalue weighted by atomic mass is 9.83. The van der Waals surface area contributed by atoms with Crippen LogP contribution in [-0.4, -0.2) is 151 Å². The zero-order valence-electron chi connectivity index (χ0n) is 47.2. The minimum Gasteiger partial charge on any atom is -0.495 e. The second kappa shape index (κ2) is 28.6. The van der Waals surface area contributed by atoms with Crippen LogP contribution in [0, 0.1) is 11.8 Å². The van der Waals surface area contributed by atoms with Gasteiger partial charge in [0, 0.05) is 68.3 Å². The number of unbranched alkanes of at least 4 members (excludes halogenated alkanes) is 2.